The van der Waals surface area contributed by atoms with Crippen LogP contribution in [-0.2, 0) is 0 Å². The van der Waals surface area contributed by atoms with E-state index in [9.17, 15) is 10.4 Å². The van der Waals surface area contributed by atoms with Gasteiger partial charge in [-0.2, -0.15) is 0 Å². The molecule has 0 aliphatic heterocycles. The quantitative estimate of drug-likeness (QED) is 0.189. The third-order valence-corrected chi connectivity index (χ3v) is 0.438. The van der Waals surface area contributed by atoms with Gasteiger partial charge in [0.25, 0.3) is 0 Å². The zero-order valence-corrected chi connectivity index (χ0v) is 3.92. The molecule has 0 saturated heterocycles. The highest BCUT2D eigenvalue weighted by Crippen LogP contribution is 1.62. The van der Waals surface area contributed by atoms with Crippen LogP contribution in [0.15, 0.2) is 0 Å². The lowest BCUT2D eigenvalue weighted by Gasteiger charge is -2.35. The normalized spacial score (nSPS) is 23.6. The summed E-state index contributed by atoms with van der Waals surface area (Å²) < 4.78 is 0. The summed E-state index contributed by atoms with van der Waals surface area (Å²) in [5.74, 6) is 9.05. The van der Waals surface area contributed by atoms with Crippen LogP contribution < -0.4 is 17.0 Å². The molecule has 2 unspecified atom stereocenters. The van der Waals surface area contributed by atoms with Crippen LogP contribution in [0.4, 0.5) is 0 Å². The topological polar surface area (TPSA) is 103 Å². The largest absolute Gasteiger partial charge is 0.561 e. The van der Waals surface area contributed by atoms with Crippen LogP contribution in [0.25, 0.3) is 0 Å². The summed E-state index contributed by atoms with van der Waals surface area (Å²) in [5.41, 5.74) is 0. The van der Waals surface area contributed by atoms with Gasteiger partial charge in [0.1, 0.15) is 7.05 Å². The Labute approximate surface area is 40.6 Å². The highest BCUT2D eigenvalue weighted by molar-refractivity contribution is 3.96. The van der Waals surface area contributed by atoms with E-state index in [-0.39, 0.29) is 0 Å². The van der Waals surface area contributed by atoms with Crippen molar-refractivity contribution >= 4 is 0 Å². The lowest BCUT2D eigenvalue weighted by atomic mass is 11.4. The average Bonchev–Trinajstić information content (AvgIpc) is 1.31. The van der Waals surface area contributed by atoms with Crippen molar-refractivity contribution in [3.63, 3.8) is 0 Å². The molecule has 0 aromatic rings. The number of rotatable bonds is 1. The van der Waals surface area contributed by atoms with E-state index in [0.717, 1.165) is 7.05 Å². The first kappa shape index (κ1) is 6.76. The van der Waals surface area contributed by atoms with Gasteiger partial charge in [-0.1, -0.05) is 0 Å². The maximum Gasteiger partial charge on any atom is 0.134 e. The highest BCUT2D eigenvalue weighted by atomic mass is 16.8. The highest BCUT2D eigenvalue weighted by Gasteiger charge is 2.03. The molecule has 0 amide bonds. The number of hydroxylamine groups is 1. The number of hydrogen-bond acceptors (Lipinski definition) is 4. The van der Waals surface area contributed by atoms with Crippen LogP contribution >= 0.6 is 0 Å². The van der Waals surface area contributed by atoms with Crippen LogP contribution in [0.5, 0.6) is 0 Å². The third kappa shape index (κ3) is 2.45. The Balaban J connectivity index is 3.54. The first-order valence-electron chi connectivity index (χ1n) is 1.60. The lowest BCUT2D eigenvalue weighted by molar-refractivity contribution is -1.46. The van der Waals surface area contributed by atoms with Gasteiger partial charge in [0, 0.05) is 0 Å². The smallest absolute Gasteiger partial charge is 0.134 e. The summed E-state index contributed by atoms with van der Waals surface area (Å²) in [4.78, 5) is -1.56. The first-order valence-corrected chi connectivity index (χ1v) is 1.60. The van der Waals surface area contributed by atoms with E-state index < -0.39 is 10.1 Å². The molecule has 5 N–H and O–H groups in total. The molecule has 6 nitrogen and oxygen atoms in total. The molecule has 0 aromatic carbocycles. The van der Waals surface area contributed by atoms with Crippen molar-refractivity contribution in [3.8, 4) is 0 Å². The first-order chi connectivity index (χ1) is 2.94. The van der Waals surface area contributed by atoms with Crippen molar-refractivity contribution in [2.75, 3.05) is 7.05 Å². The molecule has 0 rings (SSSR count). The SMILES string of the molecule is C[N+](N)([O-])[NH+](N)[O-]. The summed E-state index contributed by atoms with van der Waals surface area (Å²) in [5, 5.41) is 18.7. The summed E-state index contributed by atoms with van der Waals surface area (Å²) >= 11 is 0. The van der Waals surface area contributed by atoms with Crippen molar-refractivity contribution in [3.05, 3.63) is 10.4 Å². The zero-order chi connectivity index (χ0) is 6.08. The van der Waals surface area contributed by atoms with Crippen molar-refractivity contribution in [1.82, 2.24) is 0 Å². The van der Waals surface area contributed by atoms with Crippen molar-refractivity contribution < 1.29 is 10.1 Å². The Morgan fingerprint density at radius 3 is 1.86 bits per heavy atom. The molecule has 0 heterocycles. The van der Waals surface area contributed by atoms with Crippen molar-refractivity contribution in [1.29, 1.82) is 0 Å². The van der Waals surface area contributed by atoms with Gasteiger partial charge in [-0.25, -0.2) is 0 Å². The Bertz CT molecular complexity index is 55.2. The maximum atomic E-state index is 10.0. The van der Waals surface area contributed by atoms with Crippen molar-refractivity contribution in [2.24, 2.45) is 11.7 Å². The monoisotopic (exact) mass is 108 g/mol. The summed E-state index contributed by atoms with van der Waals surface area (Å²) in [7, 11) is 0.947. The fraction of sp³-hybridized carbons (Fsp3) is 1.00. The molecule has 0 radical (unpaired) electrons. The molecule has 7 heavy (non-hydrogen) atoms. The molecule has 0 spiro atoms. The molecule has 0 bridgehead atoms. The predicted octanol–water partition coefficient (Wildman–Crippen LogP) is -3.02. The van der Waals surface area contributed by atoms with Crippen LogP contribution in [0.2, 0.25) is 0 Å². The van der Waals surface area contributed by atoms with E-state index in [1.165, 1.54) is 0 Å². The molecule has 0 saturated carbocycles. The van der Waals surface area contributed by atoms with Crippen LogP contribution in [-0.4, -0.2) is 11.9 Å². The zero-order valence-electron chi connectivity index (χ0n) is 3.92. The number of nitrogens with two attached hydrogens (primary N) is 2. The molecule has 0 aliphatic carbocycles. The minimum absolute atomic E-state index is 0.947. The molecule has 6 heteroatoms. The maximum absolute atomic E-state index is 10.0. The van der Waals surface area contributed by atoms with Crippen LogP contribution in [0.1, 0.15) is 0 Å². The number of nitrogens with one attached hydrogen (secondary N) is 1. The van der Waals surface area contributed by atoms with Gasteiger partial charge in [0.15, 0.2) is 0 Å². The van der Waals surface area contributed by atoms with Gasteiger partial charge in [-0.15, -0.1) is 21.8 Å². The van der Waals surface area contributed by atoms with Gasteiger partial charge in [0.2, 0.25) is 0 Å². The van der Waals surface area contributed by atoms with Gasteiger partial charge >= 0.3 is 0 Å². The van der Waals surface area contributed by atoms with Crippen LogP contribution in [0.3, 0.4) is 0 Å². The van der Waals surface area contributed by atoms with E-state index >= 15 is 0 Å². The Hall–Kier alpha value is -0.240. The molecule has 44 valence electrons. The van der Waals surface area contributed by atoms with E-state index in [4.69, 9.17) is 0 Å². The standard InChI is InChI=1S/CH8N4O2/c1-5(3,7)4(2)6/h4H,2-3H2,1H3. The second-order valence-electron chi connectivity index (χ2n) is 1.33. The summed E-state index contributed by atoms with van der Waals surface area (Å²) in [6, 6.07) is 0. The summed E-state index contributed by atoms with van der Waals surface area (Å²) in [6.45, 7) is 0. The molecular weight excluding hydrogens is 100 g/mol. The lowest BCUT2D eigenvalue weighted by Crippen LogP contribution is -3.25. The van der Waals surface area contributed by atoms with Gasteiger partial charge in [-0.05, 0) is 0 Å². The molecular formula is CH8N4O2. The van der Waals surface area contributed by atoms with Gasteiger partial charge in [-0.3, -0.25) is 0 Å². The molecule has 0 aliphatic rings. The van der Waals surface area contributed by atoms with E-state index in [1.54, 1.807) is 0 Å². The summed E-state index contributed by atoms with van der Waals surface area (Å²) in [6.07, 6.45) is 0. The van der Waals surface area contributed by atoms with Crippen molar-refractivity contribution in [2.45, 2.75) is 0 Å². The Morgan fingerprint density at radius 1 is 1.71 bits per heavy atom. The van der Waals surface area contributed by atoms with Gasteiger partial charge in [0.05, 0.1) is 0 Å². The predicted molar refractivity (Wildman–Crippen MR) is 22.3 cm³/mol. The minimum Gasteiger partial charge on any atom is -0.561 e. The van der Waals surface area contributed by atoms with E-state index in [2.05, 4.69) is 11.7 Å². The fourth-order valence-electron chi connectivity index (χ4n) is 0. The number of quaternary nitrogens is 2. The average molecular weight is 108 g/mol. The second-order valence-corrected chi connectivity index (χ2v) is 1.33. The molecule has 0 fully saturated rings. The van der Waals surface area contributed by atoms with Gasteiger partial charge < -0.3 is 10.4 Å². The second kappa shape index (κ2) is 1.70. The van der Waals surface area contributed by atoms with E-state index in [0.29, 0.717) is 0 Å². The number of hydrogen-bond donors (Lipinski definition) is 3. The fourth-order valence-corrected chi connectivity index (χ4v) is 0. The number of nitrogens with zero attached hydrogens (tertiary/aromatic N) is 1. The third-order valence-electron chi connectivity index (χ3n) is 0.438. The van der Waals surface area contributed by atoms with E-state index in [1.807, 2.05) is 0 Å². The minimum atomic E-state index is -1.56. The molecule has 0 aromatic heterocycles. The Morgan fingerprint density at radius 2 is 1.86 bits per heavy atom. The molecule has 2 atom stereocenters. The Kier molecular flexibility index (Phi) is 1.64. The van der Waals surface area contributed by atoms with Crippen LogP contribution in [0, 0.1) is 10.4 Å².